The van der Waals surface area contributed by atoms with E-state index in [-0.39, 0.29) is 45.7 Å². The molecule has 0 bridgehead atoms. The van der Waals surface area contributed by atoms with Crippen LogP contribution in [0.4, 0.5) is 4.79 Å². The Hall–Kier alpha value is -3.60. The summed E-state index contributed by atoms with van der Waals surface area (Å²) in [6, 6.07) is 16.9. The van der Waals surface area contributed by atoms with Gasteiger partial charge in [-0.25, -0.2) is 15.1 Å². The Bertz CT molecular complexity index is 1000. The highest BCUT2D eigenvalue weighted by Crippen LogP contribution is 2.22. The topological polar surface area (TPSA) is 131 Å². The first kappa shape index (κ1) is 25.0. The van der Waals surface area contributed by atoms with Gasteiger partial charge in [-0.3, -0.25) is 9.63 Å². The average Bonchev–Trinajstić information content (AvgIpc) is 2.86. The Morgan fingerprint density at radius 3 is 2.18 bits per heavy atom. The average molecular weight is 471 g/mol. The Balaban J connectivity index is 1.59. The molecule has 1 unspecified atom stereocenters. The van der Waals surface area contributed by atoms with E-state index in [0.717, 1.165) is 11.1 Å². The van der Waals surface area contributed by atoms with E-state index in [4.69, 9.17) is 9.57 Å². The van der Waals surface area contributed by atoms with Gasteiger partial charge < -0.3 is 15.2 Å². The van der Waals surface area contributed by atoms with E-state index in [1.807, 2.05) is 36.4 Å². The number of imide groups is 1. The molecule has 3 amide bonds. The van der Waals surface area contributed by atoms with Crippen LogP contribution in [0.1, 0.15) is 24.0 Å². The molecule has 3 N–H and O–H groups in total. The fourth-order valence-electron chi connectivity index (χ4n) is 3.77. The number of piperazine rings is 1. The molecule has 1 fully saturated rings. The van der Waals surface area contributed by atoms with Crippen molar-refractivity contribution in [3.8, 4) is 0 Å². The van der Waals surface area contributed by atoms with Gasteiger partial charge in [-0.2, -0.15) is 4.79 Å². The van der Waals surface area contributed by atoms with E-state index in [2.05, 4.69) is 10.8 Å². The number of hydrogen-bond acceptors (Lipinski definition) is 7. The molecule has 0 aliphatic carbocycles. The van der Waals surface area contributed by atoms with Gasteiger partial charge in [-0.05, 0) is 11.1 Å². The number of amides is 3. The molecule has 0 aromatic heterocycles. The second-order valence-corrected chi connectivity index (χ2v) is 7.88. The number of ether oxygens (including phenoxy) is 1. The molecular weight excluding hydrogens is 442 g/mol. The Morgan fingerprint density at radius 1 is 0.941 bits per heavy atom. The third kappa shape index (κ3) is 6.25. The van der Waals surface area contributed by atoms with Crippen molar-refractivity contribution in [1.82, 2.24) is 10.8 Å². The maximum absolute atomic E-state index is 13.1. The molecule has 34 heavy (non-hydrogen) atoms. The maximum atomic E-state index is 13.1. The quantitative estimate of drug-likeness (QED) is 0.287. The number of nitrogens with zero attached hydrogens (tertiary/aromatic N) is 1. The van der Waals surface area contributed by atoms with Gasteiger partial charge in [0.25, 0.3) is 0 Å². The van der Waals surface area contributed by atoms with Gasteiger partial charge in [0.15, 0.2) is 0 Å². The van der Waals surface area contributed by atoms with Crippen molar-refractivity contribution < 1.29 is 38.3 Å². The van der Waals surface area contributed by atoms with Crippen LogP contribution >= 0.6 is 0 Å². The SMILES string of the molecule is O=C(CCC(=O)[N@@+]1(C(=O)O)CCNCC1C(=O)OCc1ccccc1)NOCc1ccccc1. The minimum atomic E-state index is -1.45. The highest BCUT2D eigenvalue weighted by atomic mass is 16.6. The lowest BCUT2D eigenvalue weighted by molar-refractivity contribution is -0.802. The molecule has 1 saturated heterocycles. The Kier molecular flexibility index (Phi) is 8.86. The third-order valence-electron chi connectivity index (χ3n) is 5.63. The molecule has 0 spiro atoms. The zero-order chi connectivity index (χ0) is 24.4. The molecule has 3 rings (SSSR count). The van der Waals surface area contributed by atoms with E-state index in [1.54, 1.807) is 24.3 Å². The van der Waals surface area contributed by atoms with Crippen LogP contribution in [0.15, 0.2) is 60.7 Å². The van der Waals surface area contributed by atoms with Gasteiger partial charge in [-0.1, -0.05) is 60.7 Å². The molecule has 1 aliphatic rings. The number of carbonyl (C=O) groups excluding carboxylic acids is 3. The molecule has 2 aromatic rings. The van der Waals surface area contributed by atoms with E-state index in [1.165, 1.54) is 0 Å². The maximum Gasteiger partial charge on any atom is 0.521 e. The monoisotopic (exact) mass is 470 g/mol. The number of hydroxylamine groups is 1. The minimum absolute atomic E-state index is 0.0297. The molecular formula is C24H28N3O7+. The van der Waals surface area contributed by atoms with Gasteiger partial charge in [0.05, 0.1) is 19.6 Å². The number of carboxylic acid groups (broad SMARTS) is 1. The first-order valence-electron chi connectivity index (χ1n) is 10.9. The summed E-state index contributed by atoms with van der Waals surface area (Å²) >= 11 is 0. The fraction of sp³-hybridized carbons (Fsp3) is 0.333. The van der Waals surface area contributed by atoms with Crippen LogP contribution in [-0.4, -0.2) is 59.1 Å². The predicted molar refractivity (Wildman–Crippen MR) is 120 cm³/mol. The molecule has 10 nitrogen and oxygen atoms in total. The molecule has 2 aromatic carbocycles. The normalized spacial score (nSPS) is 19.7. The highest BCUT2D eigenvalue weighted by molar-refractivity contribution is 5.88. The largest absolute Gasteiger partial charge is 0.521 e. The summed E-state index contributed by atoms with van der Waals surface area (Å²) in [4.78, 5) is 55.4. The lowest BCUT2D eigenvalue weighted by Gasteiger charge is -2.39. The standard InChI is InChI=1S/C24H27N3O7/c28-21(26-34-17-19-9-5-2-6-10-19)11-12-22(29)27(24(31)32)14-13-25-15-20(27)23(30)33-16-18-7-3-1-4-8-18/h1-10,20,25H,11-17H2,(H-,26,28,31,32)/p+1/t20?,27-/m1/s1. The molecule has 0 radical (unpaired) electrons. The number of nitrogens with one attached hydrogen (secondary N) is 2. The summed E-state index contributed by atoms with van der Waals surface area (Å²) in [6.07, 6.45) is -2.09. The summed E-state index contributed by atoms with van der Waals surface area (Å²) in [7, 11) is 0. The second kappa shape index (κ2) is 12.0. The number of benzene rings is 2. The second-order valence-electron chi connectivity index (χ2n) is 7.88. The molecule has 1 aliphatic heterocycles. The van der Waals surface area contributed by atoms with Crippen molar-refractivity contribution in [3.05, 3.63) is 71.8 Å². The Morgan fingerprint density at radius 2 is 1.56 bits per heavy atom. The van der Waals surface area contributed by atoms with E-state index in [0.29, 0.717) is 0 Å². The summed E-state index contributed by atoms with van der Waals surface area (Å²) in [5.41, 5.74) is 3.85. The third-order valence-corrected chi connectivity index (χ3v) is 5.63. The van der Waals surface area contributed by atoms with Gasteiger partial charge in [-0.15, -0.1) is 4.48 Å². The van der Waals surface area contributed by atoms with Crippen LogP contribution in [0.25, 0.3) is 0 Å². The van der Waals surface area contributed by atoms with Gasteiger partial charge in [0.2, 0.25) is 11.9 Å². The van der Waals surface area contributed by atoms with Gasteiger partial charge >= 0.3 is 18.0 Å². The lowest BCUT2D eigenvalue weighted by atomic mass is 10.1. The van der Waals surface area contributed by atoms with Crippen LogP contribution in [0.3, 0.4) is 0 Å². The summed E-state index contributed by atoms with van der Waals surface area (Å²) < 4.78 is 4.22. The van der Waals surface area contributed by atoms with E-state index in [9.17, 15) is 24.3 Å². The van der Waals surface area contributed by atoms with Gasteiger partial charge in [0, 0.05) is 13.0 Å². The van der Waals surface area contributed by atoms with E-state index >= 15 is 0 Å². The number of esters is 1. The lowest BCUT2D eigenvalue weighted by Crippen LogP contribution is -2.72. The van der Waals surface area contributed by atoms with Crippen molar-refractivity contribution in [1.29, 1.82) is 0 Å². The highest BCUT2D eigenvalue weighted by Gasteiger charge is 2.56. The van der Waals surface area contributed by atoms with Gasteiger partial charge in [0.1, 0.15) is 13.2 Å². The van der Waals surface area contributed by atoms with Crippen molar-refractivity contribution in [2.24, 2.45) is 0 Å². The number of carbonyl (C=O) groups is 4. The minimum Gasteiger partial charge on any atom is -0.456 e. The fourth-order valence-corrected chi connectivity index (χ4v) is 3.77. The number of rotatable bonds is 9. The molecule has 2 atom stereocenters. The predicted octanol–water partition coefficient (Wildman–Crippen LogP) is 1.75. The van der Waals surface area contributed by atoms with Crippen LogP contribution in [0.5, 0.6) is 0 Å². The van der Waals surface area contributed by atoms with Crippen molar-refractivity contribution in [2.75, 3.05) is 19.6 Å². The van der Waals surface area contributed by atoms with Crippen molar-refractivity contribution in [2.45, 2.75) is 32.1 Å². The number of hydrogen-bond donors (Lipinski definition) is 3. The first-order chi connectivity index (χ1) is 16.4. The van der Waals surface area contributed by atoms with E-state index < -0.39 is 34.4 Å². The summed E-state index contributed by atoms with van der Waals surface area (Å²) in [5, 5.41) is 12.9. The summed E-state index contributed by atoms with van der Waals surface area (Å²) in [6.45, 7) is 0.179. The molecule has 10 heteroatoms. The number of quaternary nitrogens is 1. The van der Waals surface area contributed by atoms with Crippen LogP contribution in [0.2, 0.25) is 0 Å². The van der Waals surface area contributed by atoms with Crippen LogP contribution in [0, 0.1) is 0 Å². The van der Waals surface area contributed by atoms with Crippen molar-refractivity contribution >= 4 is 23.9 Å². The molecule has 1 heterocycles. The Labute approximate surface area is 197 Å². The van der Waals surface area contributed by atoms with Crippen LogP contribution < -0.4 is 10.8 Å². The zero-order valence-electron chi connectivity index (χ0n) is 18.6. The first-order valence-corrected chi connectivity index (χ1v) is 10.9. The summed E-state index contributed by atoms with van der Waals surface area (Å²) in [5.74, 6) is -2.09. The smallest absolute Gasteiger partial charge is 0.456 e. The van der Waals surface area contributed by atoms with Crippen LogP contribution in [-0.2, 0) is 37.2 Å². The van der Waals surface area contributed by atoms with Crippen molar-refractivity contribution in [3.63, 3.8) is 0 Å². The molecule has 180 valence electrons. The molecule has 0 saturated carbocycles. The zero-order valence-corrected chi connectivity index (χ0v) is 18.6.